The highest BCUT2D eigenvalue weighted by Crippen LogP contribution is 2.30. The zero-order valence-corrected chi connectivity index (χ0v) is 16.7. The van der Waals surface area contributed by atoms with Gasteiger partial charge in [-0.25, -0.2) is 0 Å². The van der Waals surface area contributed by atoms with Crippen LogP contribution in [0.1, 0.15) is 10.4 Å². The predicted molar refractivity (Wildman–Crippen MR) is 106 cm³/mol. The summed E-state index contributed by atoms with van der Waals surface area (Å²) in [6.45, 7) is 0. The molecule has 0 saturated heterocycles. The fraction of sp³-hybridized carbons (Fsp3) is 0.211. The van der Waals surface area contributed by atoms with Gasteiger partial charge in [0.2, 0.25) is 0 Å². The average molecular weight is 404 g/mol. The highest BCUT2D eigenvalue weighted by atomic mass is 35.5. The third-order valence-electron chi connectivity index (χ3n) is 3.99. The molecule has 0 atom stereocenters. The minimum Gasteiger partial charge on any atom is -0.493 e. The first-order valence-corrected chi connectivity index (χ1v) is 9.43. The summed E-state index contributed by atoms with van der Waals surface area (Å²) in [5.41, 5.74) is 1.35. The normalized spacial score (nSPS) is 10.7. The van der Waals surface area contributed by atoms with Gasteiger partial charge in [-0.1, -0.05) is 35.5 Å². The summed E-state index contributed by atoms with van der Waals surface area (Å²) >= 11 is 7.56. The van der Waals surface area contributed by atoms with Crippen molar-refractivity contribution in [2.45, 2.75) is 5.16 Å². The van der Waals surface area contributed by atoms with Crippen LogP contribution in [0.15, 0.2) is 47.6 Å². The molecule has 27 heavy (non-hydrogen) atoms. The van der Waals surface area contributed by atoms with Crippen LogP contribution in [-0.2, 0) is 7.05 Å². The number of carbonyl (C=O) groups is 1. The molecule has 2 aromatic carbocycles. The molecular weight excluding hydrogens is 386 g/mol. The number of hydrogen-bond acceptors (Lipinski definition) is 6. The summed E-state index contributed by atoms with van der Waals surface area (Å²) in [6, 6.07) is 12.6. The smallest absolute Gasteiger partial charge is 0.191 e. The van der Waals surface area contributed by atoms with E-state index < -0.39 is 0 Å². The van der Waals surface area contributed by atoms with Crippen LogP contribution in [0, 0.1) is 0 Å². The molecule has 3 rings (SSSR count). The Labute approximate surface area is 166 Å². The van der Waals surface area contributed by atoms with Crippen molar-refractivity contribution in [1.82, 2.24) is 14.8 Å². The molecule has 0 aliphatic heterocycles. The Morgan fingerprint density at radius 2 is 1.85 bits per heavy atom. The molecule has 1 aromatic heterocycles. The van der Waals surface area contributed by atoms with E-state index in [9.17, 15) is 4.79 Å². The minimum absolute atomic E-state index is 0.0387. The monoisotopic (exact) mass is 403 g/mol. The lowest BCUT2D eigenvalue weighted by molar-refractivity contribution is 0.102. The predicted octanol–water partition coefficient (Wildman–Crippen LogP) is 4.13. The zero-order chi connectivity index (χ0) is 19.4. The van der Waals surface area contributed by atoms with E-state index in [0.29, 0.717) is 33.1 Å². The molecule has 0 aliphatic carbocycles. The van der Waals surface area contributed by atoms with E-state index in [-0.39, 0.29) is 11.5 Å². The topological polar surface area (TPSA) is 66.2 Å². The van der Waals surface area contributed by atoms with Crippen molar-refractivity contribution in [1.29, 1.82) is 0 Å². The van der Waals surface area contributed by atoms with Crippen LogP contribution in [0.3, 0.4) is 0 Å². The number of ketones is 1. The van der Waals surface area contributed by atoms with Gasteiger partial charge < -0.3 is 14.0 Å². The summed E-state index contributed by atoms with van der Waals surface area (Å²) in [6.07, 6.45) is 0. The molecule has 0 N–H and O–H groups in total. The maximum atomic E-state index is 12.5. The van der Waals surface area contributed by atoms with Crippen LogP contribution < -0.4 is 9.47 Å². The lowest BCUT2D eigenvalue weighted by Crippen LogP contribution is -2.05. The molecule has 6 nitrogen and oxygen atoms in total. The van der Waals surface area contributed by atoms with Gasteiger partial charge in [0.15, 0.2) is 28.3 Å². The fourth-order valence-electron chi connectivity index (χ4n) is 2.54. The molecule has 140 valence electrons. The van der Waals surface area contributed by atoms with E-state index in [1.165, 1.54) is 18.9 Å². The maximum Gasteiger partial charge on any atom is 0.191 e. The largest absolute Gasteiger partial charge is 0.493 e. The van der Waals surface area contributed by atoms with Crippen molar-refractivity contribution in [3.63, 3.8) is 0 Å². The number of benzene rings is 2. The van der Waals surface area contributed by atoms with Crippen molar-refractivity contribution >= 4 is 29.1 Å². The Kier molecular flexibility index (Phi) is 6.03. The highest BCUT2D eigenvalue weighted by Gasteiger charge is 2.16. The first-order valence-electron chi connectivity index (χ1n) is 8.07. The van der Waals surface area contributed by atoms with Crippen molar-refractivity contribution in [2.24, 2.45) is 7.05 Å². The number of carbonyl (C=O) groups excluding carboxylic acids is 1. The van der Waals surface area contributed by atoms with Crippen molar-refractivity contribution < 1.29 is 14.3 Å². The van der Waals surface area contributed by atoms with E-state index in [1.807, 2.05) is 29.8 Å². The van der Waals surface area contributed by atoms with Crippen molar-refractivity contribution in [2.75, 3.05) is 20.0 Å². The molecule has 0 unspecified atom stereocenters. The molecule has 8 heteroatoms. The number of halogens is 1. The molecule has 0 radical (unpaired) electrons. The second kappa shape index (κ2) is 8.45. The number of nitrogens with zero attached hydrogens (tertiary/aromatic N) is 3. The third kappa shape index (κ3) is 4.09. The summed E-state index contributed by atoms with van der Waals surface area (Å²) < 4.78 is 12.3. The van der Waals surface area contributed by atoms with Crippen molar-refractivity contribution in [3.8, 4) is 22.9 Å². The Balaban J connectivity index is 1.74. The van der Waals surface area contributed by atoms with Crippen LogP contribution in [0.2, 0.25) is 5.02 Å². The molecular formula is C19H18ClN3O3S. The third-order valence-corrected chi connectivity index (χ3v) is 5.34. The van der Waals surface area contributed by atoms with Gasteiger partial charge in [0.05, 0.1) is 25.0 Å². The maximum absolute atomic E-state index is 12.5. The lowest BCUT2D eigenvalue weighted by atomic mass is 10.1. The van der Waals surface area contributed by atoms with E-state index in [2.05, 4.69) is 10.2 Å². The Morgan fingerprint density at radius 3 is 2.56 bits per heavy atom. The standard InChI is InChI=1S/C19H18ClN3O3S/c1-23-18(13-6-4-5-7-14(13)20)21-22-19(23)27-11-15(24)12-8-9-16(25-2)17(10-12)26-3/h4-10H,11H2,1-3H3. The molecule has 3 aromatic rings. The SMILES string of the molecule is COc1ccc(C(=O)CSc2nnc(-c3ccccc3Cl)n2C)cc1OC. The van der Waals surface area contributed by atoms with E-state index >= 15 is 0 Å². The molecule has 0 fully saturated rings. The molecule has 0 spiro atoms. The summed E-state index contributed by atoms with van der Waals surface area (Å²) in [5, 5.41) is 9.63. The quantitative estimate of drug-likeness (QED) is 0.436. The van der Waals surface area contributed by atoms with Crippen LogP contribution in [0.25, 0.3) is 11.4 Å². The van der Waals surface area contributed by atoms with Gasteiger partial charge in [-0.3, -0.25) is 4.79 Å². The van der Waals surface area contributed by atoms with Gasteiger partial charge in [0, 0.05) is 18.2 Å². The van der Waals surface area contributed by atoms with Crippen molar-refractivity contribution in [3.05, 3.63) is 53.1 Å². The number of rotatable bonds is 7. The van der Waals surface area contributed by atoms with Crippen LogP contribution in [-0.4, -0.2) is 40.5 Å². The van der Waals surface area contributed by atoms with Gasteiger partial charge in [-0.2, -0.15) is 0 Å². The van der Waals surface area contributed by atoms with Gasteiger partial charge in [0.25, 0.3) is 0 Å². The van der Waals surface area contributed by atoms with Gasteiger partial charge in [0.1, 0.15) is 0 Å². The average Bonchev–Trinajstić information content (AvgIpc) is 3.06. The number of ether oxygens (including phenoxy) is 2. The number of thioether (sulfide) groups is 1. The van der Waals surface area contributed by atoms with Crippen LogP contribution >= 0.6 is 23.4 Å². The second-order valence-corrected chi connectivity index (χ2v) is 6.98. The Hall–Kier alpha value is -2.51. The number of aromatic nitrogens is 3. The summed E-state index contributed by atoms with van der Waals surface area (Å²) in [4.78, 5) is 12.5. The molecule has 1 heterocycles. The van der Waals surface area contributed by atoms with Gasteiger partial charge in [-0.15, -0.1) is 10.2 Å². The Bertz CT molecular complexity index is 975. The molecule has 0 bridgehead atoms. The van der Waals surface area contributed by atoms with Crippen LogP contribution in [0.4, 0.5) is 0 Å². The van der Waals surface area contributed by atoms with Gasteiger partial charge in [-0.05, 0) is 30.3 Å². The number of hydrogen-bond donors (Lipinski definition) is 0. The lowest BCUT2D eigenvalue weighted by Gasteiger charge is -2.09. The molecule has 0 aliphatic rings. The molecule has 0 saturated carbocycles. The fourth-order valence-corrected chi connectivity index (χ4v) is 3.57. The number of methoxy groups -OCH3 is 2. The first-order chi connectivity index (χ1) is 13.0. The minimum atomic E-state index is -0.0387. The van der Waals surface area contributed by atoms with Gasteiger partial charge >= 0.3 is 0 Å². The second-order valence-electron chi connectivity index (χ2n) is 5.63. The number of Topliss-reactive ketones (excluding diaryl/α,β-unsaturated/α-hetero) is 1. The Morgan fingerprint density at radius 1 is 1.11 bits per heavy atom. The molecule has 0 amide bonds. The van der Waals surface area contributed by atoms with E-state index in [0.717, 1.165) is 5.56 Å². The summed E-state index contributed by atoms with van der Waals surface area (Å²) in [7, 11) is 4.94. The van der Waals surface area contributed by atoms with E-state index in [4.69, 9.17) is 21.1 Å². The first kappa shape index (κ1) is 19.3. The van der Waals surface area contributed by atoms with Crippen LogP contribution in [0.5, 0.6) is 11.5 Å². The zero-order valence-electron chi connectivity index (χ0n) is 15.1. The summed E-state index contributed by atoms with van der Waals surface area (Å²) in [5.74, 6) is 1.95. The highest BCUT2D eigenvalue weighted by molar-refractivity contribution is 7.99. The van der Waals surface area contributed by atoms with E-state index in [1.54, 1.807) is 31.4 Å².